The number of methoxy groups -OCH3 is 2. The molecule has 10 heteroatoms. The molecule has 0 bridgehead atoms. The van der Waals surface area contributed by atoms with Gasteiger partial charge in [0.2, 0.25) is 5.96 Å². The third-order valence-corrected chi connectivity index (χ3v) is 4.60. The van der Waals surface area contributed by atoms with Crippen LogP contribution in [0.15, 0.2) is 23.2 Å². The molecule has 0 spiro atoms. The van der Waals surface area contributed by atoms with E-state index in [-0.39, 0.29) is 24.2 Å². The van der Waals surface area contributed by atoms with Gasteiger partial charge in [-0.15, -0.1) is 0 Å². The minimum absolute atomic E-state index is 0.0214. The number of benzene rings is 1. The lowest BCUT2D eigenvalue weighted by atomic mass is 10.0. The highest BCUT2D eigenvalue weighted by Gasteiger charge is 2.23. The monoisotopic (exact) mass is 426 g/mol. The van der Waals surface area contributed by atoms with Crippen LogP contribution in [0, 0.1) is 17.4 Å². The highest BCUT2D eigenvalue weighted by molar-refractivity contribution is 5.81. The minimum Gasteiger partial charge on any atom is -0.489 e. The predicted octanol–water partition coefficient (Wildman–Crippen LogP) is 2.82. The summed E-state index contributed by atoms with van der Waals surface area (Å²) in [5, 5.41) is 14.5. The Kier molecular flexibility index (Phi) is 9.57. The molecular formula is C20H28F2N4O4. The van der Waals surface area contributed by atoms with E-state index < -0.39 is 12.9 Å². The van der Waals surface area contributed by atoms with Crippen LogP contribution in [0.25, 0.3) is 0 Å². The average Bonchev–Trinajstić information content (AvgIpc) is 3.55. The number of aliphatic imine (C=N–C) groups is 1. The van der Waals surface area contributed by atoms with E-state index in [0.717, 1.165) is 18.4 Å². The van der Waals surface area contributed by atoms with Gasteiger partial charge in [0, 0.05) is 20.8 Å². The molecule has 8 nitrogen and oxygen atoms in total. The van der Waals surface area contributed by atoms with Crippen LogP contribution in [0.4, 0.5) is 8.78 Å². The number of ether oxygens (including phenoxy) is 4. The lowest BCUT2D eigenvalue weighted by Gasteiger charge is -2.18. The van der Waals surface area contributed by atoms with Crippen LogP contribution in [-0.4, -0.2) is 52.8 Å². The molecule has 0 heterocycles. The van der Waals surface area contributed by atoms with Crippen LogP contribution < -0.4 is 20.1 Å². The zero-order chi connectivity index (χ0) is 21.9. The molecule has 2 N–H and O–H groups in total. The van der Waals surface area contributed by atoms with Gasteiger partial charge in [0.15, 0.2) is 24.0 Å². The second kappa shape index (κ2) is 12.1. The number of rotatable bonds is 12. The van der Waals surface area contributed by atoms with Crippen molar-refractivity contribution in [2.45, 2.75) is 38.6 Å². The second-order valence-electron chi connectivity index (χ2n) is 6.95. The van der Waals surface area contributed by atoms with Gasteiger partial charge >= 0.3 is 6.61 Å². The summed E-state index contributed by atoms with van der Waals surface area (Å²) in [6.45, 7) is 0.167. The van der Waals surface area contributed by atoms with Crippen LogP contribution in [-0.2, 0) is 9.47 Å². The first-order valence-electron chi connectivity index (χ1n) is 9.67. The lowest BCUT2D eigenvalue weighted by Crippen LogP contribution is -2.37. The van der Waals surface area contributed by atoms with E-state index >= 15 is 0 Å². The van der Waals surface area contributed by atoms with Crippen molar-refractivity contribution in [2.75, 3.05) is 33.9 Å². The van der Waals surface area contributed by atoms with Crippen LogP contribution in [0.2, 0.25) is 0 Å². The number of guanidine groups is 1. The fourth-order valence-electron chi connectivity index (χ4n) is 2.60. The van der Waals surface area contributed by atoms with Crippen molar-refractivity contribution >= 4 is 5.96 Å². The Bertz CT molecular complexity index is 734. The van der Waals surface area contributed by atoms with Crippen molar-refractivity contribution in [1.82, 2.24) is 10.6 Å². The van der Waals surface area contributed by atoms with Crippen LogP contribution in [0.1, 0.15) is 31.2 Å². The predicted molar refractivity (Wildman–Crippen MR) is 107 cm³/mol. The number of halogens is 2. The summed E-state index contributed by atoms with van der Waals surface area (Å²) in [6, 6.07) is 4.92. The van der Waals surface area contributed by atoms with Gasteiger partial charge in [0.25, 0.3) is 0 Å². The Hall–Kier alpha value is -2.64. The molecule has 2 rings (SSSR count). The number of nitrogens with one attached hydrogen (secondary N) is 2. The van der Waals surface area contributed by atoms with E-state index in [4.69, 9.17) is 19.5 Å². The molecule has 1 aromatic carbocycles. The lowest BCUT2D eigenvalue weighted by molar-refractivity contribution is -0.0937. The Labute approximate surface area is 175 Å². The molecule has 0 saturated heterocycles. The highest BCUT2D eigenvalue weighted by atomic mass is 19.3. The molecule has 0 radical (unpaired) electrons. The number of nitrogens with zero attached hydrogens (tertiary/aromatic N) is 2. The summed E-state index contributed by atoms with van der Waals surface area (Å²) in [5.74, 6) is 1.06. The Morgan fingerprint density at radius 3 is 2.60 bits per heavy atom. The highest BCUT2D eigenvalue weighted by Crippen LogP contribution is 2.35. The Morgan fingerprint density at radius 1 is 1.27 bits per heavy atom. The van der Waals surface area contributed by atoms with Gasteiger partial charge in [-0.2, -0.15) is 14.0 Å². The molecule has 0 amide bonds. The fourth-order valence-corrected chi connectivity index (χ4v) is 2.60. The summed E-state index contributed by atoms with van der Waals surface area (Å²) >= 11 is 0. The van der Waals surface area contributed by atoms with Gasteiger partial charge in [0.1, 0.15) is 0 Å². The van der Waals surface area contributed by atoms with Gasteiger partial charge < -0.3 is 24.3 Å². The van der Waals surface area contributed by atoms with E-state index in [2.05, 4.69) is 20.4 Å². The van der Waals surface area contributed by atoms with E-state index in [9.17, 15) is 8.78 Å². The molecule has 1 aliphatic rings. The first kappa shape index (κ1) is 23.6. The van der Waals surface area contributed by atoms with E-state index in [1.165, 1.54) is 20.3 Å². The topological polar surface area (TPSA) is 97.1 Å². The Balaban J connectivity index is 2.02. The summed E-state index contributed by atoms with van der Waals surface area (Å²) in [7, 11) is 3.00. The summed E-state index contributed by atoms with van der Waals surface area (Å²) in [4.78, 5) is 4.24. The van der Waals surface area contributed by atoms with Crippen molar-refractivity contribution in [1.29, 1.82) is 5.26 Å². The zero-order valence-electron chi connectivity index (χ0n) is 17.4. The molecule has 1 aromatic rings. The smallest absolute Gasteiger partial charge is 0.387 e. The molecule has 1 aliphatic carbocycles. The molecule has 1 saturated carbocycles. The SMILES string of the molecule is COC(CN=C(NC#N)NCC(C)c1ccc(OC(F)F)c(OCC2CC2)c1)OC. The van der Waals surface area contributed by atoms with Crippen molar-refractivity contribution in [3.8, 4) is 17.7 Å². The van der Waals surface area contributed by atoms with E-state index in [1.54, 1.807) is 12.1 Å². The van der Waals surface area contributed by atoms with Crippen LogP contribution >= 0.6 is 0 Å². The van der Waals surface area contributed by atoms with E-state index in [1.807, 2.05) is 13.1 Å². The van der Waals surface area contributed by atoms with Crippen molar-refractivity contribution in [3.63, 3.8) is 0 Å². The van der Waals surface area contributed by atoms with Gasteiger partial charge in [0.05, 0.1) is 13.2 Å². The number of alkyl halides is 2. The summed E-state index contributed by atoms with van der Waals surface area (Å²) < 4.78 is 45.8. The van der Waals surface area contributed by atoms with Gasteiger partial charge in [-0.3, -0.25) is 5.32 Å². The van der Waals surface area contributed by atoms with Crippen molar-refractivity contribution in [3.05, 3.63) is 23.8 Å². The van der Waals surface area contributed by atoms with Gasteiger partial charge in [-0.05, 0) is 42.4 Å². The molecule has 166 valence electrons. The van der Waals surface area contributed by atoms with E-state index in [0.29, 0.717) is 24.8 Å². The standard InChI is InChI=1S/C20H28F2N4O4/c1-13(9-24-20(26-12-23)25-10-18(27-2)28-3)15-6-7-16(30-19(21)22)17(8-15)29-11-14-4-5-14/h6-8,13-14,18-19H,4-5,9-11H2,1-3H3,(H2,24,25,26). The third-order valence-electron chi connectivity index (χ3n) is 4.60. The van der Waals surface area contributed by atoms with Gasteiger partial charge in [-0.1, -0.05) is 13.0 Å². The quantitative estimate of drug-likeness (QED) is 0.174. The maximum Gasteiger partial charge on any atom is 0.387 e. The number of hydrogen-bond donors (Lipinski definition) is 2. The zero-order valence-corrected chi connectivity index (χ0v) is 17.4. The van der Waals surface area contributed by atoms with Crippen molar-refractivity contribution < 1.29 is 27.7 Å². The average molecular weight is 426 g/mol. The van der Waals surface area contributed by atoms with Gasteiger partial charge in [-0.25, -0.2) is 4.99 Å². The minimum atomic E-state index is -2.92. The molecule has 30 heavy (non-hydrogen) atoms. The molecule has 1 atom stereocenters. The first-order valence-corrected chi connectivity index (χ1v) is 9.67. The second-order valence-corrected chi connectivity index (χ2v) is 6.95. The maximum absolute atomic E-state index is 12.7. The summed E-state index contributed by atoms with van der Waals surface area (Å²) in [5.41, 5.74) is 0.873. The largest absolute Gasteiger partial charge is 0.489 e. The maximum atomic E-state index is 12.7. The van der Waals surface area contributed by atoms with Crippen LogP contribution in [0.5, 0.6) is 11.5 Å². The molecule has 1 unspecified atom stereocenters. The summed E-state index contributed by atoms with van der Waals surface area (Å²) in [6.07, 6.45) is 3.49. The molecule has 0 aromatic heterocycles. The molecular weight excluding hydrogens is 398 g/mol. The molecule has 0 aliphatic heterocycles. The first-order chi connectivity index (χ1) is 14.5. The number of nitriles is 1. The van der Waals surface area contributed by atoms with Crippen LogP contribution in [0.3, 0.4) is 0 Å². The molecule has 1 fully saturated rings. The Morgan fingerprint density at radius 2 is 2.00 bits per heavy atom. The number of hydrogen-bond acceptors (Lipinski definition) is 6. The van der Waals surface area contributed by atoms with Crippen molar-refractivity contribution in [2.24, 2.45) is 10.9 Å². The third kappa shape index (κ3) is 8.00. The normalized spacial score (nSPS) is 15.1. The fraction of sp³-hybridized carbons (Fsp3) is 0.600.